The van der Waals surface area contributed by atoms with Crippen molar-refractivity contribution in [2.24, 2.45) is 16.6 Å². The van der Waals surface area contributed by atoms with Crippen molar-refractivity contribution < 1.29 is 9.53 Å². The van der Waals surface area contributed by atoms with Crippen LogP contribution >= 0.6 is 0 Å². The summed E-state index contributed by atoms with van der Waals surface area (Å²) in [5.74, 6) is 0.633. The average Bonchev–Trinajstić information content (AvgIpc) is 2.77. The Morgan fingerprint density at radius 1 is 1.18 bits per heavy atom. The average molecular weight is 463 g/mol. The fourth-order valence-corrected chi connectivity index (χ4v) is 3.26. The number of amides is 1. The molecule has 1 aromatic heterocycles. The summed E-state index contributed by atoms with van der Waals surface area (Å²) in [6.45, 7) is 4.80. The Kier molecular flexibility index (Phi) is 7.80. The van der Waals surface area contributed by atoms with E-state index in [9.17, 15) is 9.59 Å². The molecule has 9 heteroatoms. The lowest BCUT2D eigenvalue weighted by Gasteiger charge is -2.14. The molecule has 0 spiro atoms. The highest BCUT2D eigenvalue weighted by atomic mass is 16.5. The highest BCUT2D eigenvalue weighted by Gasteiger charge is 2.14. The number of aromatic amines is 1. The van der Waals surface area contributed by atoms with Crippen LogP contribution in [0.25, 0.3) is 22.5 Å². The Bertz CT molecular complexity index is 1260. The molecule has 1 amide bonds. The molecule has 0 atom stereocenters. The number of nitrogen functional groups attached to an aromatic ring is 1. The van der Waals surface area contributed by atoms with Crippen molar-refractivity contribution in [1.29, 1.82) is 0 Å². The first kappa shape index (κ1) is 24.7. The molecule has 5 N–H and O–H groups in total. The molecule has 0 aliphatic heterocycles. The number of aromatic nitrogens is 2. The minimum atomic E-state index is -0.507. The van der Waals surface area contributed by atoms with E-state index in [2.05, 4.69) is 28.8 Å². The van der Waals surface area contributed by atoms with E-state index in [1.54, 1.807) is 43.3 Å². The molecule has 0 fully saturated rings. The van der Waals surface area contributed by atoms with Crippen LogP contribution in [0, 0.1) is 5.92 Å². The van der Waals surface area contributed by atoms with Crippen molar-refractivity contribution in [1.82, 2.24) is 14.9 Å². The number of nitrogens with zero attached hydrogens (tertiary/aromatic N) is 3. The standard InChI is InChI=1S/C25H30N6O3/c1-15(2)14-34-22-8-6-5-7-17(22)21-12-20(28-25(33)29-21)16-9-10-19(26)18(11-16)24(27)30-23(32)13-31(3)4/h5-12,15H,13-14,26H2,1-4H3,(H2,27,30,32)(H,28,29,33). The lowest BCUT2D eigenvalue weighted by Crippen LogP contribution is -2.24. The van der Waals surface area contributed by atoms with Crippen LogP contribution in [0.3, 0.4) is 0 Å². The van der Waals surface area contributed by atoms with Gasteiger partial charge in [-0.2, -0.15) is 9.98 Å². The molecule has 0 bridgehead atoms. The largest absolute Gasteiger partial charge is 0.493 e. The van der Waals surface area contributed by atoms with Gasteiger partial charge in [-0.05, 0) is 50.3 Å². The first-order valence-electron chi connectivity index (χ1n) is 10.9. The summed E-state index contributed by atoms with van der Waals surface area (Å²) in [7, 11) is 3.53. The molecule has 0 aliphatic carbocycles. The summed E-state index contributed by atoms with van der Waals surface area (Å²) in [5, 5.41) is 0. The van der Waals surface area contributed by atoms with Gasteiger partial charge in [-0.1, -0.05) is 32.0 Å². The Balaban J connectivity index is 2.02. The smallest absolute Gasteiger partial charge is 0.345 e. The number of nitrogens with two attached hydrogens (primary N) is 2. The second-order valence-corrected chi connectivity index (χ2v) is 8.62. The van der Waals surface area contributed by atoms with Crippen LogP contribution in [0.1, 0.15) is 19.4 Å². The van der Waals surface area contributed by atoms with Gasteiger partial charge in [-0.25, -0.2) is 4.79 Å². The Labute approximate surface area is 198 Å². The molecule has 2 aromatic carbocycles. The monoisotopic (exact) mass is 462 g/mol. The molecular formula is C25H30N6O3. The Morgan fingerprint density at radius 2 is 1.91 bits per heavy atom. The van der Waals surface area contributed by atoms with Gasteiger partial charge >= 0.3 is 5.69 Å². The van der Waals surface area contributed by atoms with E-state index in [1.807, 2.05) is 24.3 Å². The minimum absolute atomic E-state index is 0.00342. The SMILES string of the molecule is CC(C)COc1ccccc1-c1cc(-c2ccc(N)c(C(N)=NC(=O)CN(C)C)c2)nc(=O)[nH]1. The Hall–Kier alpha value is -3.98. The van der Waals surface area contributed by atoms with Gasteiger partial charge in [0.2, 0.25) is 0 Å². The molecule has 0 saturated carbocycles. The van der Waals surface area contributed by atoms with Crippen LogP contribution in [-0.2, 0) is 4.79 Å². The van der Waals surface area contributed by atoms with Crippen molar-refractivity contribution in [3.63, 3.8) is 0 Å². The number of hydrogen-bond acceptors (Lipinski definition) is 6. The minimum Gasteiger partial charge on any atom is -0.493 e. The second kappa shape index (κ2) is 10.8. The van der Waals surface area contributed by atoms with Crippen LogP contribution < -0.4 is 21.9 Å². The van der Waals surface area contributed by atoms with Crippen LogP contribution in [-0.4, -0.2) is 53.9 Å². The highest BCUT2D eigenvalue weighted by molar-refractivity contribution is 6.08. The first-order chi connectivity index (χ1) is 16.1. The summed E-state index contributed by atoms with van der Waals surface area (Å²) >= 11 is 0. The number of amidine groups is 1. The third-order valence-electron chi connectivity index (χ3n) is 4.82. The van der Waals surface area contributed by atoms with Gasteiger partial charge in [0, 0.05) is 22.4 Å². The molecule has 1 heterocycles. The first-order valence-corrected chi connectivity index (χ1v) is 10.9. The van der Waals surface area contributed by atoms with E-state index in [1.165, 1.54) is 0 Å². The second-order valence-electron chi connectivity index (χ2n) is 8.62. The van der Waals surface area contributed by atoms with E-state index in [0.717, 1.165) is 5.56 Å². The van der Waals surface area contributed by atoms with Crippen LogP contribution in [0.4, 0.5) is 5.69 Å². The maximum absolute atomic E-state index is 12.4. The van der Waals surface area contributed by atoms with E-state index >= 15 is 0 Å². The maximum Gasteiger partial charge on any atom is 0.345 e. The molecule has 3 aromatic rings. The number of carbonyl (C=O) groups excluding carboxylic acids is 1. The van der Waals surface area contributed by atoms with Gasteiger partial charge in [0.05, 0.1) is 24.5 Å². The lowest BCUT2D eigenvalue weighted by molar-refractivity contribution is -0.118. The number of aliphatic imine (C=N–C) groups is 1. The van der Waals surface area contributed by atoms with E-state index < -0.39 is 5.69 Å². The highest BCUT2D eigenvalue weighted by Crippen LogP contribution is 2.30. The molecule has 0 radical (unpaired) electrons. The normalized spacial score (nSPS) is 11.8. The molecule has 0 saturated heterocycles. The number of benzene rings is 2. The van der Waals surface area contributed by atoms with E-state index in [0.29, 0.717) is 46.5 Å². The predicted octanol–water partition coefficient (Wildman–Crippen LogP) is 2.51. The van der Waals surface area contributed by atoms with Crippen LogP contribution in [0.15, 0.2) is 58.3 Å². The maximum atomic E-state index is 12.4. The zero-order chi connectivity index (χ0) is 24.8. The van der Waals surface area contributed by atoms with Gasteiger partial charge in [-0.3, -0.25) is 4.79 Å². The third-order valence-corrected chi connectivity index (χ3v) is 4.82. The summed E-state index contributed by atoms with van der Waals surface area (Å²) in [6.07, 6.45) is 0. The van der Waals surface area contributed by atoms with Gasteiger partial charge in [0.25, 0.3) is 5.91 Å². The topological polar surface area (TPSA) is 140 Å². The number of hydrogen-bond donors (Lipinski definition) is 3. The van der Waals surface area contributed by atoms with Crippen molar-refractivity contribution in [3.05, 3.63) is 64.6 Å². The third kappa shape index (κ3) is 6.29. The fraction of sp³-hybridized carbons (Fsp3) is 0.280. The van der Waals surface area contributed by atoms with Crippen molar-refractivity contribution in [2.75, 3.05) is 33.0 Å². The molecule has 0 aliphatic rings. The predicted molar refractivity (Wildman–Crippen MR) is 135 cm³/mol. The summed E-state index contributed by atoms with van der Waals surface area (Å²) < 4.78 is 5.94. The van der Waals surface area contributed by atoms with Crippen molar-refractivity contribution in [3.8, 4) is 28.3 Å². The number of ether oxygens (including phenoxy) is 1. The molecule has 3 rings (SSSR count). The number of para-hydroxylation sites is 1. The van der Waals surface area contributed by atoms with Crippen LogP contribution in [0.5, 0.6) is 5.75 Å². The fourth-order valence-electron chi connectivity index (χ4n) is 3.26. The van der Waals surface area contributed by atoms with E-state index in [-0.39, 0.29) is 18.3 Å². The number of carbonyl (C=O) groups is 1. The summed E-state index contributed by atoms with van der Waals surface area (Å²) in [6, 6.07) is 14.3. The number of nitrogens with one attached hydrogen (secondary N) is 1. The molecular weight excluding hydrogens is 432 g/mol. The zero-order valence-corrected chi connectivity index (χ0v) is 19.8. The van der Waals surface area contributed by atoms with E-state index in [4.69, 9.17) is 16.2 Å². The molecule has 34 heavy (non-hydrogen) atoms. The molecule has 9 nitrogen and oxygen atoms in total. The van der Waals surface area contributed by atoms with Gasteiger partial charge < -0.3 is 26.1 Å². The number of rotatable bonds is 8. The van der Waals surface area contributed by atoms with Gasteiger partial charge in [0.15, 0.2) is 0 Å². The number of anilines is 1. The van der Waals surface area contributed by atoms with Crippen LogP contribution in [0.2, 0.25) is 0 Å². The summed E-state index contributed by atoms with van der Waals surface area (Å²) in [4.78, 5) is 37.0. The van der Waals surface area contributed by atoms with Crippen molar-refractivity contribution in [2.45, 2.75) is 13.8 Å². The molecule has 0 unspecified atom stereocenters. The van der Waals surface area contributed by atoms with Crippen molar-refractivity contribution >= 4 is 17.4 Å². The quantitative estimate of drug-likeness (QED) is 0.265. The van der Waals surface area contributed by atoms with Gasteiger partial charge in [0.1, 0.15) is 11.6 Å². The number of H-pyrrole nitrogens is 1. The summed E-state index contributed by atoms with van der Waals surface area (Å²) in [5.41, 5.74) is 14.8. The Morgan fingerprint density at radius 3 is 2.62 bits per heavy atom. The molecule has 178 valence electrons. The zero-order valence-electron chi connectivity index (χ0n) is 19.8. The number of likely N-dealkylation sites (N-methyl/N-ethyl adjacent to an activating group) is 1. The van der Waals surface area contributed by atoms with Gasteiger partial charge in [-0.15, -0.1) is 0 Å². The lowest BCUT2D eigenvalue weighted by atomic mass is 10.0.